The molecule has 2 N–H and O–H groups in total. The number of imide groups is 2. The summed E-state index contributed by atoms with van der Waals surface area (Å²) >= 11 is 0. The van der Waals surface area contributed by atoms with Gasteiger partial charge in [-0.3, -0.25) is 19.8 Å². The Morgan fingerprint density at radius 3 is 2.15 bits per heavy atom. The first kappa shape index (κ1) is 22.9. The van der Waals surface area contributed by atoms with Gasteiger partial charge >= 0.3 is 17.8 Å². The number of benzene rings is 3. The quantitative estimate of drug-likeness (QED) is 0.373. The van der Waals surface area contributed by atoms with Crippen LogP contribution in [0.15, 0.2) is 66.7 Å². The number of rotatable bonds is 9. The lowest BCUT2D eigenvalue weighted by molar-refractivity contribution is -0.140. The fourth-order valence-electron chi connectivity index (χ4n) is 3.48. The lowest BCUT2D eigenvalue weighted by Gasteiger charge is -2.15. The van der Waals surface area contributed by atoms with Gasteiger partial charge in [-0.1, -0.05) is 18.2 Å². The molecule has 4 rings (SSSR count). The molecule has 4 amide bonds. The Labute approximate surface area is 195 Å². The second kappa shape index (κ2) is 10.1. The molecule has 0 atom stereocenters. The van der Waals surface area contributed by atoms with Crippen LogP contribution in [-0.4, -0.2) is 29.9 Å². The number of hydrogen-bond donors (Lipinski definition) is 2. The highest BCUT2D eigenvalue weighted by Crippen LogP contribution is 2.23. The number of urea groups is 1. The minimum atomic E-state index is -0.922. The maximum Gasteiger partial charge on any atom is 0.331 e. The minimum absolute atomic E-state index is 0.0110. The number of halogens is 1. The molecule has 34 heavy (non-hydrogen) atoms. The molecule has 0 radical (unpaired) electrons. The first-order valence-corrected chi connectivity index (χ1v) is 10.5. The fourth-order valence-corrected chi connectivity index (χ4v) is 3.48. The lowest BCUT2D eigenvalue weighted by Crippen LogP contribution is -2.30. The van der Waals surface area contributed by atoms with E-state index in [-0.39, 0.29) is 12.4 Å². The Balaban J connectivity index is 1.35. The molecule has 1 heterocycles. The zero-order chi connectivity index (χ0) is 24.1. The summed E-state index contributed by atoms with van der Waals surface area (Å²) in [5.74, 6) is -0.254. The first-order valence-electron chi connectivity index (χ1n) is 10.5. The molecular formula is C25H22FN3O5. The van der Waals surface area contributed by atoms with Gasteiger partial charge in [0.15, 0.2) is 0 Å². The van der Waals surface area contributed by atoms with Gasteiger partial charge < -0.3 is 14.8 Å². The van der Waals surface area contributed by atoms with Crippen LogP contribution in [0.5, 0.6) is 17.2 Å². The number of nitrogens with zero attached hydrogens (tertiary/aromatic N) is 1. The van der Waals surface area contributed by atoms with Gasteiger partial charge in [0.25, 0.3) is 0 Å². The van der Waals surface area contributed by atoms with Crippen molar-refractivity contribution >= 4 is 17.8 Å². The topological polar surface area (TPSA) is 97.0 Å². The third-order valence-electron chi connectivity index (χ3n) is 5.21. The van der Waals surface area contributed by atoms with Gasteiger partial charge in [-0.15, -0.1) is 0 Å². The number of carbonyl (C=O) groups is 3. The number of methoxy groups -OCH3 is 1. The minimum Gasteiger partial charge on any atom is -0.496 e. The number of ether oxygens (including phenoxy) is 2. The van der Waals surface area contributed by atoms with E-state index in [9.17, 15) is 18.8 Å². The summed E-state index contributed by atoms with van der Waals surface area (Å²) in [6.45, 7) is 1.04. The van der Waals surface area contributed by atoms with Crippen LogP contribution in [-0.2, 0) is 29.2 Å². The van der Waals surface area contributed by atoms with Crippen LogP contribution in [0.3, 0.4) is 0 Å². The Bertz CT molecular complexity index is 1210. The van der Waals surface area contributed by atoms with E-state index in [4.69, 9.17) is 9.47 Å². The molecule has 8 nitrogen and oxygen atoms in total. The maximum absolute atomic E-state index is 13.0. The predicted molar refractivity (Wildman–Crippen MR) is 121 cm³/mol. The third kappa shape index (κ3) is 5.38. The molecular weight excluding hydrogens is 441 g/mol. The molecule has 1 aliphatic rings. The summed E-state index contributed by atoms with van der Waals surface area (Å²) in [4.78, 5) is 35.9. The summed E-state index contributed by atoms with van der Waals surface area (Å²) in [7, 11) is 1.56. The maximum atomic E-state index is 13.0. The average Bonchev–Trinajstić information content (AvgIpc) is 3.08. The summed E-state index contributed by atoms with van der Waals surface area (Å²) < 4.78 is 24.1. The summed E-state index contributed by atoms with van der Waals surface area (Å²) in [5, 5.41) is 5.32. The largest absolute Gasteiger partial charge is 0.496 e. The van der Waals surface area contributed by atoms with Crippen LogP contribution in [0, 0.1) is 5.82 Å². The molecule has 0 aromatic heterocycles. The van der Waals surface area contributed by atoms with Crippen molar-refractivity contribution in [1.29, 1.82) is 0 Å². The van der Waals surface area contributed by atoms with Crippen LogP contribution in [0.4, 0.5) is 9.18 Å². The number of amides is 4. The molecule has 1 saturated heterocycles. The van der Waals surface area contributed by atoms with Gasteiger partial charge in [0, 0.05) is 18.7 Å². The Morgan fingerprint density at radius 2 is 1.53 bits per heavy atom. The van der Waals surface area contributed by atoms with E-state index in [1.807, 2.05) is 35.6 Å². The zero-order valence-electron chi connectivity index (χ0n) is 18.3. The van der Waals surface area contributed by atoms with Crippen LogP contribution in [0.2, 0.25) is 0 Å². The van der Waals surface area contributed by atoms with E-state index in [0.717, 1.165) is 16.0 Å². The van der Waals surface area contributed by atoms with Gasteiger partial charge in [-0.05, 0) is 59.7 Å². The van der Waals surface area contributed by atoms with Crippen LogP contribution in [0.25, 0.3) is 0 Å². The predicted octanol–water partition coefficient (Wildman–Crippen LogP) is 3.49. The van der Waals surface area contributed by atoms with Gasteiger partial charge in [-0.2, -0.15) is 0 Å². The normalized spacial score (nSPS) is 13.2. The first-order chi connectivity index (χ1) is 16.4. The molecule has 1 aliphatic heterocycles. The van der Waals surface area contributed by atoms with Gasteiger partial charge in [-0.25, -0.2) is 9.18 Å². The van der Waals surface area contributed by atoms with E-state index < -0.39 is 17.8 Å². The Morgan fingerprint density at radius 1 is 0.882 bits per heavy atom. The van der Waals surface area contributed by atoms with Gasteiger partial charge in [0.05, 0.1) is 13.7 Å². The van der Waals surface area contributed by atoms with Crippen molar-refractivity contribution in [2.24, 2.45) is 0 Å². The second-order valence-corrected chi connectivity index (χ2v) is 7.60. The standard InChI is InChI=1S/C25H22FN3O5/c1-33-22-11-4-17(15-29-24(31)23(30)28-25(29)32)12-18(22)14-27-13-16-2-7-20(8-3-16)34-21-9-5-19(26)6-10-21/h2-12,27H,13-15H2,1H3,(H,28,30,32). The van der Waals surface area contributed by atoms with Crippen molar-refractivity contribution in [3.63, 3.8) is 0 Å². The Kier molecular flexibility index (Phi) is 6.84. The number of hydrogen-bond acceptors (Lipinski definition) is 6. The second-order valence-electron chi connectivity index (χ2n) is 7.60. The SMILES string of the molecule is COc1ccc(CN2C(=O)NC(=O)C2=O)cc1CNCc1ccc(Oc2ccc(F)cc2)cc1. The van der Waals surface area contributed by atoms with Crippen molar-refractivity contribution in [3.05, 3.63) is 89.2 Å². The summed E-state index contributed by atoms with van der Waals surface area (Å²) in [6.07, 6.45) is 0. The van der Waals surface area contributed by atoms with E-state index in [0.29, 0.717) is 35.9 Å². The lowest BCUT2D eigenvalue weighted by atomic mass is 10.1. The van der Waals surface area contributed by atoms with Crippen LogP contribution < -0.4 is 20.1 Å². The molecule has 1 fully saturated rings. The molecule has 0 saturated carbocycles. The monoisotopic (exact) mass is 463 g/mol. The molecule has 174 valence electrons. The molecule has 3 aromatic rings. The molecule has 0 aliphatic carbocycles. The van der Waals surface area contributed by atoms with Crippen LogP contribution in [0.1, 0.15) is 16.7 Å². The molecule has 0 unspecified atom stereocenters. The van der Waals surface area contributed by atoms with Crippen molar-refractivity contribution < 1.29 is 28.2 Å². The van der Waals surface area contributed by atoms with Gasteiger partial charge in [0.2, 0.25) is 0 Å². The van der Waals surface area contributed by atoms with Crippen molar-refractivity contribution in [2.75, 3.05) is 7.11 Å². The van der Waals surface area contributed by atoms with Gasteiger partial charge in [0.1, 0.15) is 23.1 Å². The van der Waals surface area contributed by atoms with Crippen molar-refractivity contribution in [2.45, 2.75) is 19.6 Å². The smallest absolute Gasteiger partial charge is 0.331 e. The highest BCUT2D eigenvalue weighted by molar-refractivity contribution is 6.44. The molecule has 0 bridgehead atoms. The van der Waals surface area contributed by atoms with E-state index in [2.05, 4.69) is 5.32 Å². The highest BCUT2D eigenvalue weighted by atomic mass is 19.1. The van der Waals surface area contributed by atoms with Crippen LogP contribution >= 0.6 is 0 Å². The van der Waals surface area contributed by atoms with E-state index in [1.54, 1.807) is 31.4 Å². The third-order valence-corrected chi connectivity index (χ3v) is 5.21. The van der Waals surface area contributed by atoms with Crippen molar-refractivity contribution in [1.82, 2.24) is 15.5 Å². The number of nitrogens with one attached hydrogen (secondary N) is 2. The molecule has 9 heteroatoms. The molecule has 3 aromatic carbocycles. The summed E-state index contributed by atoms with van der Waals surface area (Å²) in [5.41, 5.74) is 2.56. The Hall–Kier alpha value is -4.24. The fraction of sp³-hybridized carbons (Fsp3) is 0.160. The van der Waals surface area contributed by atoms with E-state index >= 15 is 0 Å². The summed E-state index contributed by atoms with van der Waals surface area (Å²) in [6, 6.07) is 17.9. The zero-order valence-corrected chi connectivity index (χ0v) is 18.3. The van der Waals surface area contributed by atoms with Crippen molar-refractivity contribution in [3.8, 4) is 17.2 Å². The highest BCUT2D eigenvalue weighted by Gasteiger charge is 2.36. The number of carbonyl (C=O) groups excluding carboxylic acids is 3. The van der Waals surface area contributed by atoms with E-state index in [1.165, 1.54) is 12.1 Å². The molecule has 0 spiro atoms. The average molecular weight is 463 g/mol.